The van der Waals surface area contributed by atoms with Gasteiger partial charge in [0.1, 0.15) is 55.5 Å². The number of esters is 8. The fourth-order valence-electron chi connectivity index (χ4n) is 7.88. The van der Waals surface area contributed by atoms with E-state index in [9.17, 15) is 58.1 Å². The van der Waals surface area contributed by atoms with E-state index in [0.717, 1.165) is 81.4 Å². The van der Waals surface area contributed by atoms with Crippen molar-refractivity contribution in [2.24, 2.45) is 0 Å². The fraction of sp³-hybridized carbons (Fsp3) is 0.636. The summed E-state index contributed by atoms with van der Waals surface area (Å²) >= 11 is 0. The maximum Gasteiger partial charge on any atom is 0.303 e. The zero-order chi connectivity index (χ0) is 54.4. The van der Waals surface area contributed by atoms with Gasteiger partial charge >= 0.3 is 47.8 Å². The van der Waals surface area contributed by atoms with E-state index in [-0.39, 0.29) is 11.4 Å². The zero-order valence-corrected chi connectivity index (χ0v) is 41.2. The number of ether oxygens (including phenoxy) is 14. The van der Waals surface area contributed by atoms with Crippen molar-refractivity contribution in [3.63, 3.8) is 0 Å². The van der Waals surface area contributed by atoms with Gasteiger partial charge in [-0.15, -0.1) is 0 Å². The van der Waals surface area contributed by atoms with Crippen LogP contribution in [-0.2, 0) is 110 Å². The average Bonchev–Trinajstić information content (AvgIpc) is 3.26. The number of nitrogens with one attached hydrogen (secondary N) is 2. The number of amides is 2. The van der Waals surface area contributed by atoms with Gasteiger partial charge in [0.25, 0.3) is 5.69 Å². The summed E-state index contributed by atoms with van der Waals surface area (Å²) in [4.78, 5) is 137. The predicted octanol–water partition coefficient (Wildman–Crippen LogP) is -0.724. The molecule has 3 aliphatic rings. The maximum absolute atomic E-state index is 13.1. The number of benzene rings is 1. The second-order valence-electron chi connectivity index (χ2n) is 16.4. The van der Waals surface area contributed by atoms with Crippen molar-refractivity contribution in [1.82, 2.24) is 10.6 Å². The van der Waals surface area contributed by atoms with Crippen molar-refractivity contribution in [3.8, 4) is 5.75 Å². The summed E-state index contributed by atoms with van der Waals surface area (Å²) in [5.74, 6) is -9.07. The standard InChI is InChI=1S/C44H57N3O26/c1-18(48)45-33-38(66-25(8)55)35(63-22(5)52)30(15-60-20(3)50)70-42(33)62-17-32-36(64-23(6)53)39(34(46-19(2)49)43(71-32)69-29-13-11-28(12-14-29)47(58)59)73-44-41(68-27(10)57)40(67-26(9)56)37(65-24(7)54)31(72-44)16-61-21(4)51/h11-14,30-44H,15-17H2,1-10H3,(H,45,48)(H,46,49)/t30-,31-,32+,33-,34+,35-,36-,37+,38-,39+,40+,41-,42-,43-,44+/m0/s1. The minimum absolute atomic E-state index is 0.113. The molecule has 1 aromatic carbocycles. The third-order valence-electron chi connectivity index (χ3n) is 10.4. The molecule has 404 valence electrons. The van der Waals surface area contributed by atoms with Crippen LogP contribution in [0.1, 0.15) is 69.2 Å². The largest absolute Gasteiger partial charge is 0.463 e. The molecular formula is C44H57N3O26. The molecule has 3 heterocycles. The first-order valence-corrected chi connectivity index (χ1v) is 22.2. The first kappa shape index (κ1) is 58.5. The molecule has 29 heteroatoms. The summed E-state index contributed by atoms with van der Waals surface area (Å²) in [5.41, 5.74) is -0.349. The lowest BCUT2D eigenvalue weighted by Crippen LogP contribution is -2.70. The quantitative estimate of drug-likeness (QED) is 0.0704. The van der Waals surface area contributed by atoms with Crippen molar-refractivity contribution < 1.29 is 119 Å². The Morgan fingerprint density at radius 2 is 0.836 bits per heavy atom. The number of hydrogen-bond acceptors (Lipinski definition) is 26. The molecule has 3 fully saturated rings. The van der Waals surface area contributed by atoms with Gasteiger partial charge in [-0.3, -0.25) is 58.1 Å². The number of nitro groups is 1. The molecule has 3 aliphatic heterocycles. The summed E-state index contributed by atoms with van der Waals surface area (Å²) in [6.07, 6.45) is -22.3. The van der Waals surface area contributed by atoms with Gasteiger partial charge in [0.2, 0.25) is 18.1 Å². The Morgan fingerprint density at radius 3 is 1.27 bits per heavy atom. The predicted molar refractivity (Wildman–Crippen MR) is 232 cm³/mol. The van der Waals surface area contributed by atoms with Crippen molar-refractivity contribution in [1.29, 1.82) is 0 Å². The van der Waals surface area contributed by atoms with Gasteiger partial charge < -0.3 is 76.9 Å². The average molecular weight is 1040 g/mol. The van der Waals surface area contributed by atoms with Gasteiger partial charge in [-0.25, -0.2) is 0 Å². The number of rotatable bonds is 20. The second-order valence-corrected chi connectivity index (χ2v) is 16.4. The van der Waals surface area contributed by atoms with E-state index in [1.165, 1.54) is 12.1 Å². The highest BCUT2D eigenvalue weighted by Crippen LogP contribution is 2.36. The van der Waals surface area contributed by atoms with Crippen molar-refractivity contribution >= 4 is 65.3 Å². The minimum atomic E-state index is -2.00. The first-order valence-electron chi connectivity index (χ1n) is 22.2. The van der Waals surface area contributed by atoms with Crippen LogP contribution >= 0.6 is 0 Å². The summed E-state index contributed by atoms with van der Waals surface area (Å²) in [7, 11) is 0. The highest BCUT2D eigenvalue weighted by molar-refractivity contribution is 5.74. The molecule has 0 unspecified atom stereocenters. The van der Waals surface area contributed by atoms with Crippen LogP contribution in [0.15, 0.2) is 24.3 Å². The summed E-state index contributed by atoms with van der Waals surface area (Å²) < 4.78 is 81.5. The summed E-state index contributed by atoms with van der Waals surface area (Å²) in [6.45, 7) is 8.12. The molecule has 0 saturated carbocycles. The first-order chi connectivity index (χ1) is 34.2. The van der Waals surface area contributed by atoms with Crippen LogP contribution < -0.4 is 15.4 Å². The Hall–Kier alpha value is -7.08. The molecule has 2 N–H and O–H groups in total. The van der Waals surface area contributed by atoms with E-state index >= 15 is 0 Å². The van der Waals surface area contributed by atoms with Crippen LogP contribution in [-0.4, -0.2) is 176 Å². The number of non-ortho nitro benzene ring substituents is 1. The Kier molecular flexibility index (Phi) is 21.3. The van der Waals surface area contributed by atoms with Crippen LogP contribution in [0.5, 0.6) is 5.75 Å². The lowest BCUT2D eigenvalue weighted by molar-refractivity contribution is -0.384. The van der Waals surface area contributed by atoms with Crippen molar-refractivity contribution in [2.75, 3.05) is 19.8 Å². The second kappa shape index (κ2) is 26.6. The Balaban J connectivity index is 1.94. The van der Waals surface area contributed by atoms with Gasteiger partial charge in [-0.05, 0) is 12.1 Å². The molecule has 4 rings (SSSR count). The molecule has 0 aliphatic carbocycles. The number of nitro benzene ring substituents is 1. The Labute approximate surface area is 415 Å². The van der Waals surface area contributed by atoms with E-state index in [4.69, 9.17) is 66.3 Å². The highest BCUT2D eigenvalue weighted by Gasteiger charge is 2.58. The number of hydrogen-bond donors (Lipinski definition) is 2. The van der Waals surface area contributed by atoms with E-state index < -0.39 is 176 Å². The fourth-order valence-corrected chi connectivity index (χ4v) is 7.88. The van der Waals surface area contributed by atoms with E-state index in [0.29, 0.717) is 0 Å². The van der Waals surface area contributed by atoms with E-state index in [2.05, 4.69) is 10.6 Å². The van der Waals surface area contributed by atoms with Crippen molar-refractivity contribution in [2.45, 2.75) is 161 Å². The maximum atomic E-state index is 13.1. The molecule has 15 atom stereocenters. The minimum Gasteiger partial charge on any atom is -0.463 e. The summed E-state index contributed by atoms with van der Waals surface area (Å²) in [5, 5.41) is 16.7. The topological polar surface area (TPSA) is 367 Å². The third kappa shape index (κ3) is 17.3. The SMILES string of the molecule is CC(=O)N[C@@H]1[C@@H](OC[C@H]2O[C@H](Oc3ccc([N+](=O)[O-])cc3)[C@H](NC(C)=O)[C@@H](O[C@H]3O[C@@H](COC(C)=O)[C@@H](OC(C)=O)[C@@H](OC(C)=O)[C@@H]3OC(C)=O)[C@H]2OC(C)=O)O[C@@H](COC(C)=O)[C@H](OC(C)=O)[C@H]1OC(C)=O. The smallest absolute Gasteiger partial charge is 0.303 e. The zero-order valence-electron chi connectivity index (χ0n) is 41.2. The Bertz CT molecular complexity index is 2210. The monoisotopic (exact) mass is 1040 g/mol. The molecule has 29 nitrogen and oxygen atoms in total. The van der Waals surface area contributed by atoms with Crippen LogP contribution in [0, 0.1) is 10.1 Å². The van der Waals surface area contributed by atoms with E-state index in [1.54, 1.807) is 0 Å². The van der Waals surface area contributed by atoms with Crippen LogP contribution in [0.2, 0.25) is 0 Å². The van der Waals surface area contributed by atoms with Crippen LogP contribution in [0.3, 0.4) is 0 Å². The van der Waals surface area contributed by atoms with Crippen LogP contribution in [0.25, 0.3) is 0 Å². The number of nitrogens with zero attached hydrogens (tertiary/aromatic N) is 1. The van der Waals surface area contributed by atoms with Gasteiger partial charge in [0.15, 0.2) is 49.2 Å². The molecule has 2 amide bonds. The molecular weight excluding hydrogens is 986 g/mol. The molecule has 73 heavy (non-hydrogen) atoms. The van der Waals surface area contributed by atoms with Crippen molar-refractivity contribution in [3.05, 3.63) is 34.4 Å². The molecule has 0 radical (unpaired) electrons. The number of carbonyl (C=O) groups is 10. The molecule has 1 aromatic rings. The lowest BCUT2D eigenvalue weighted by Gasteiger charge is -2.49. The Morgan fingerprint density at radius 1 is 0.466 bits per heavy atom. The number of carbonyl (C=O) groups excluding carboxylic acids is 10. The van der Waals surface area contributed by atoms with Gasteiger partial charge in [0.05, 0.1) is 11.5 Å². The van der Waals surface area contributed by atoms with Gasteiger partial charge in [0, 0.05) is 81.4 Å². The molecule has 0 bridgehead atoms. The highest BCUT2D eigenvalue weighted by atomic mass is 16.8. The lowest BCUT2D eigenvalue weighted by atomic mass is 9.94. The third-order valence-corrected chi connectivity index (χ3v) is 10.4. The van der Waals surface area contributed by atoms with E-state index in [1.807, 2.05) is 0 Å². The van der Waals surface area contributed by atoms with Gasteiger partial charge in [-0.2, -0.15) is 0 Å². The normalized spacial score (nSPS) is 29.6. The molecule has 3 saturated heterocycles. The molecule has 0 spiro atoms. The van der Waals surface area contributed by atoms with Crippen LogP contribution in [0.4, 0.5) is 5.69 Å². The summed E-state index contributed by atoms with van der Waals surface area (Å²) in [6, 6.07) is 1.34. The molecule has 0 aromatic heterocycles. The van der Waals surface area contributed by atoms with Gasteiger partial charge in [-0.1, -0.05) is 0 Å².